The monoisotopic (exact) mass is 400 g/mol. The van der Waals surface area contributed by atoms with Crippen LogP contribution in [0.1, 0.15) is 52.9 Å². The highest BCUT2D eigenvalue weighted by Gasteiger charge is 2.33. The SMILES string of the molecule is C=C1CCCC(C)(C)C1CC/C(C)=C\Cn1c2cccc(=O)c-2nc2ccccc21. The predicted octanol–water partition coefficient (Wildman–Crippen LogP) is 6.61. The van der Waals surface area contributed by atoms with Crippen molar-refractivity contribution in [1.29, 1.82) is 0 Å². The highest BCUT2D eigenvalue weighted by atomic mass is 16.1. The third-order valence-corrected chi connectivity index (χ3v) is 6.88. The van der Waals surface area contributed by atoms with Crippen molar-refractivity contribution in [3.05, 3.63) is 76.5 Å². The summed E-state index contributed by atoms with van der Waals surface area (Å²) in [5.74, 6) is 0.605. The van der Waals surface area contributed by atoms with Crippen molar-refractivity contribution in [2.24, 2.45) is 11.3 Å². The van der Waals surface area contributed by atoms with Crippen molar-refractivity contribution in [2.45, 2.75) is 59.4 Å². The number of hydrogen-bond acceptors (Lipinski definition) is 2. The van der Waals surface area contributed by atoms with E-state index < -0.39 is 0 Å². The number of rotatable bonds is 5. The van der Waals surface area contributed by atoms with E-state index in [0.717, 1.165) is 29.7 Å². The molecule has 4 rings (SSSR count). The molecule has 0 bridgehead atoms. The first-order chi connectivity index (χ1) is 14.4. The van der Waals surface area contributed by atoms with Crippen LogP contribution < -0.4 is 5.43 Å². The van der Waals surface area contributed by atoms with E-state index in [-0.39, 0.29) is 5.43 Å². The number of para-hydroxylation sites is 3. The lowest BCUT2D eigenvalue weighted by Gasteiger charge is -2.40. The number of aromatic nitrogens is 2. The molecule has 0 amide bonds. The number of hydrogen-bond donors (Lipinski definition) is 0. The third kappa shape index (κ3) is 3.98. The Labute approximate surface area is 179 Å². The first-order valence-corrected chi connectivity index (χ1v) is 11.1. The number of fused-ring (bicyclic) bond motifs is 2. The van der Waals surface area contributed by atoms with E-state index in [2.05, 4.69) is 49.0 Å². The summed E-state index contributed by atoms with van der Waals surface area (Å²) in [6.45, 7) is 12.1. The van der Waals surface area contributed by atoms with E-state index in [1.54, 1.807) is 6.07 Å². The highest BCUT2D eigenvalue weighted by Crippen LogP contribution is 2.45. The summed E-state index contributed by atoms with van der Waals surface area (Å²) < 4.78 is 2.21. The molecule has 1 fully saturated rings. The van der Waals surface area contributed by atoms with Crippen molar-refractivity contribution in [3.8, 4) is 11.4 Å². The maximum absolute atomic E-state index is 12.4. The van der Waals surface area contributed by atoms with Gasteiger partial charge in [0, 0.05) is 6.54 Å². The average Bonchev–Trinajstić information content (AvgIpc) is 2.71. The first kappa shape index (κ1) is 20.6. The van der Waals surface area contributed by atoms with E-state index in [4.69, 9.17) is 0 Å². The summed E-state index contributed by atoms with van der Waals surface area (Å²) in [5, 5.41) is 0. The molecule has 0 N–H and O–H groups in total. The van der Waals surface area contributed by atoms with Gasteiger partial charge >= 0.3 is 0 Å². The quantitative estimate of drug-likeness (QED) is 0.357. The standard InChI is InChI=1S/C27H32N2O/c1-19(14-15-21-20(2)9-8-17-27(21,3)4)16-18-29-23-11-6-5-10-22(23)28-26-24(29)12-7-13-25(26)30/h5-7,10-13,16,21H,2,8-9,14-15,17-18H2,1,3-4H3/b19-16-. The number of benzene rings is 2. The third-order valence-electron chi connectivity index (χ3n) is 6.88. The summed E-state index contributed by atoms with van der Waals surface area (Å²) in [4.78, 5) is 17.0. The smallest absolute Gasteiger partial charge is 0.206 e. The summed E-state index contributed by atoms with van der Waals surface area (Å²) in [5.41, 5.74) is 6.51. The van der Waals surface area contributed by atoms with Crippen molar-refractivity contribution in [3.63, 3.8) is 0 Å². The molecular formula is C27H32N2O. The van der Waals surface area contributed by atoms with Gasteiger partial charge in [-0.3, -0.25) is 4.79 Å². The molecule has 1 unspecified atom stereocenters. The molecule has 1 heterocycles. The Morgan fingerprint density at radius 1 is 1.23 bits per heavy atom. The molecular weight excluding hydrogens is 368 g/mol. The van der Waals surface area contributed by atoms with E-state index in [9.17, 15) is 4.79 Å². The van der Waals surface area contributed by atoms with Crippen LogP contribution in [0.5, 0.6) is 0 Å². The van der Waals surface area contributed by atoms with Gasteiger partial charge in [-0.25, -0.2) is 4.98 Å². The fraction of sp³-hybridized carbons (Fsp3) is 0.407. The van der Waals surface area contributed by atoms with Crippen LogP contribution in [-0.4, -0.2) is 9.55 Å². The van der Waals surface area contributed by atoms with Gasteiger partial charge < -0.3 is 4.57 Å². The molecule has 0 radical (unpaired) electrons. The zero-order chi connectivity index (χ0) is 21.3. The molecule has 1 aliphatic heterocycles. The lowest BCUT2D eigenvalue weighted by Crippen LogP contribution is -2.29. The molecule has 3 nitrogen and oxygen atoms in total. The zero-order valence-electron chi connectivity index (χ0n) is 18.4. The maximum atomic E-state index is 12.4. The van der Waals surface area contributed by atoms with Gasteiger partial charge in [0.25, 0.3) is 0 Å². The van der Waals surface area contributed by atoms with E-state index in [1.807, 2.05) is 30.3 Å². The second-order valence-corrected chi connectivity index (χ2v) is 9.48. The Morgan fingerprint density at radius 2 is 2.03 bits per heavy atom. The Kier molecular flexibility index (Phi) is 5.64. The summed E-state index contributed by atoms with van der Waals surface area (Å²) in [7, 11) is 0. The lowest BCUT2D eigenvalue weighted by molar-refractivity contribution is 0.180. The van der Waals surface area contributed by atoms with Crippen LogP contribution >= 0.6 is 0 Å². The van der Waals surface area contributed by atoms with E-state index in [0.29, 0.717) is 17.0 Å². The fourth-order valence-corrected chi connectivity index (χ4v) is 5.06. The van der Waals surface area contributed by atoms with Crippen molar-refractivity contribution in [1.82, 2.24) is 9.55 Å². The van der Waals surface area contributed by atoms with Crippen LogP contribution in [0.25, 0.3) is 22.4 Å². The van der Waals surface area contributed by atoms with Gasteiger partial charge in [0.2, 0.25) is 5.43 Å². The Morgan fingerprint density at radius 3 is 2.83 bits per heavy atom. The molecule has 1 aromatic carbocycles. The first-order valence-electron chi connectivity index (χ1n) is 11.1. The largest absolute Gasteiger partial charge is 0.334 e. The molecule has 156 valence electrons. The fourth-order valence-electron chi connectivity index (χ4n) is 5.06. The molecule has 1 saturated carbocycles. The normalized spacial score (nSPS) is 19.5. The second kappa shape index (κ2) is 8.22. The Bertz CT molecular complexity index is 1140. The minimum atomic E-state index is -0.0225. The van der Waals surface area contributed by atoms with Gasteiger partial charge in [-0.15, -0.1) is 0 Å². The summed E-state index contributed by atoms with van der Waals surface area (Å²) in [6, 6.07) is 13.5. The van der Waals surface area contributed by atoms with Gasteiger partial charge in [0.05, 0.1) is 16.7 Å². The molecule has 2 aliphatic carbocycles. The van der Waals surface area contributed by atoms with Crippen molar-refractivity contribution < 1.29 is 0 Å². The predicted molar refractivity (Wildman–Crippen MR) is 126 cm³/mol. The van der Waals surface area contributed by atoms with Crippen LogP contribution in [0.3, 0.4) is 0 Å². The van der Waals surface area contributed by atoms with Crippen molar-refractivity contribution in [2.75, 3.05) is 0 Å². The molecule has 3 heteroatoms. The molecule has 0 saturated heterocycles. The molecule has 0 spiro atoms. The minimum Gasteiger partial charge on any atom is -0.334 e. The number of nitrogens with zero attached hydrogens (tertiary/aromatic N) is 2. The summed E-state index contributed by atoms with van der Waals surface area (Å²) >= 11 is 0. The minimum absolute atomic E-state index is 0.0225. The van der Waals surface area contributed by atoms with Gasteiger partial charge in [0.1, 0.15) is 5.69 Å². The van der Waals surface area contributed by atoms with Gasteiger partial charge in [-0.2, -0.15) is 0 Å². The topological polar surface area (TPSA) is 34.9 Å². The Balaban J connectivity index is 1.59. The van der Waals surface area contributed by atoms with Crippen molar-refractivity contribution >= 4 is 11.0 Å². The average molecular weight is 401 g/mol. The molecule has 1 aromatic rings. The molecule has 1 atom stereocenters. The van der Waals surface area contributed by atoms with Crippen LogP contribution in [0.2, 0.25) is 0 Å². The zero-order valence-corrected chi connectivity index (χ0v) is 18.4. The Hall–Kier alpha value is -2.68. The second-order valence-electron chi connectivity index (χ2n) is 9.48. The van der Waals surface area contributed by atoms with Gasteiger partial charge in [0.15, 0.2) is 0 Å². The number of allylic oxidation sites excluding steroid dienone is 3. The molecule has 0 aromatic heterocycles. The maximum Gasteiger partial charge on any atom is 0.206 e. The van der Waals surface area contributed by atoms with E-state index >= 15 is 0 Å². The van der Waals surface area contributed by atoms with Crippen LogP contribution in [0.4, 0.5) is 0 Å². The highest BCUT2D eigenvalue weighted by molar-refractivity contribution is 5.80. The van der Waals surface area contributed by atoms with Gasteiger partial charge in [-0.05, 0) is 74.6 Å². The molecule has 3 aliphatic rings. The van der Waals surface area contributed by atoms with Crippen LogP contribution in [0, 0.1) is 11.3 Å². The van der Waals surface area contributed by atoms with Crippen LogP contribution in [-0.2, 0) is 6.54 Å². The van der Waals surface area contributed by atoms with Gasteiger partial charge in [-0.1, -0.05) is 55.8 Å². The molecule has 30 heavy (non-hydrogen) atoms. The van der Waals surface area contributed by atoms with Crippen LogP contribution in [0.15, 0.2) is 71.1 Å². The summed E-state index contributed by atoms with van der Waals surface area (Å²) in [6.07, 6.45) is 8.31. The lowest BCUT2D eigenvalue weighted by atomic mass is 9.65. The van der Waals surface area contributed by atoms with E-state index in [1.165, 1.54) is 36.8 Å².